The molecule has 1 unspecified atom stereocenters. The molecule has 5 rings (SSSR count). The third-order valence-corrected chi connectivity index (χ3v) is 10.5. The Bertz CT molecular complexity index is 1900. The van der Waals surface area contributed by atoms with Crippen LogP contribution in [-0.4, -0.2) is 20.8 Å². The van der Waals surface area contributed by atoms with Gasteiger partial charge in [0.15, 0.2) is 9.84 Å². The highest BCUT2D eigenvalue weighted by Gasteiger charge is 2.73. The maximum absolute atomic E-state index is 14.4. The minimum absolute atomic E-state index is 0.188. The van der Waals surface area contributed by atoms with Gasteiger partial charge in [-0.15, -0.1) is 0 Å². The zero-order valence-electron chi connectivity index (χ0n) is 23.2. The number of ether oxygens (including phenoxy) is 1. The Labute approximate surface area is 256 Å². The molecule has 0 bridgehead atoms. The molecule has 0 amide bonds. The Kier molecular flexibility index (Phi) is 8.23. The molecule has 240 valence electrons. The number of hydrogen-bond acceptors (Lipinski definition) is 4. The van der Waals surface area contributed by atoms with Crippen molar-refractivity contribution >= 4 is 9.84 Å². The second-order valence-corrected chi connectivity index (χ2v) is 12.9. The van der Waals surface area contributed by atoms with Crippen molar-refractivity contribution in [3.05, 3.63) is 136 Å². The molecule has 0 spiro atoms. The van der Waals surface area contributed by atoms with E-state index in [2.05, 4.69) is 4.74 Å². The van der Waals surface area contributed by atoms with Crippen molar-refractivity contribution in [3.63, 3.8) is 0 Å². The minimum Gasteiger partial charge on any atom is -0.349 e. The van der Waals surface area contributed by atoms with Crippen LogP contribution in [-0.2, 0) is 44.4 Å². The lowest BCUT2D eigenvalue weighted by Crippen LogP contribution is -2.56. The SMILES string of the molecule is N#Cc1ccc2c(c1)CC(c1ccc(C(OCc3c(F)cccc3F)(C(F)(F)F)C(F)(F)F)cc1)(S(=O)(=O)c1ccc(F)cc1)C2. The van der Waals surface area contributed by atoms with Crippen molar-refractivity contribution in [3.8, 4) is 6.07 Å². The highest BCUT2D eigenvalue weighted by atomic mass is 32.2. The van der Waals surface area contributed by atoms with E-state index in [0.717, 1.165) is 42.5 Å². The molecule has 0 aromatic heterocycles. The van der Waals surface area contributed by atoms with Gasteiger partial charge in [-0.1, -0.05) is 36.4 Å². The molecule has 1 aliphatic rings. The predicted molar refractivity (Wildman–Crippen MR) is 145 cm³/mol. The molecule has 0 aliphatic heterocycles. The molecule has 46 heavy (non-hydrogen) atoms. The lowest BCUT2D eigenvalue weighted by Gasteiger charge is -2.38. The van der Waals surface area contributed by atoms with E-state index in [1.165, 1.54) is 18.2 Å². The van der Waals surface area contributed by atoms with E-state index in [-0.39, 0.29) is 28.9 Å². The Hall–Kier alpha value is -4.35. The van der Waals surface area contributed by atoms with E-state index in [9.17, 15) is 53.2 Å². The molecular formula is C32H20F9NO3S. The number of halogens is 9. The summed E-state index contributed by atoms with van der Waals surface area (Å²) in [4.78, 5) is -0.360. The zero-order valence-corrected chi connectivity index (χ0v) is 24.0. The van der Waals surface area contributed by atoms with Gasteiger partial charge < -0.3 is 4.74 Å². The fourth-order valence-electron chi connectivity index (χ4n) is 5.69. The van der Waals surface area contributed by atoms with Crippen molar-refractivity contribution in [2.45, 2.75) is 47.0 Å². The summed E-state index contributed by atoms with van der Waals surface area (Å²) >= 11 is 0. The number of nitrogens with zero attached hydrogens (tertiary/aromatic N) is 1. The standard InChI is InChI=1S/C32H20F9NO3S/c33-24-10-12-25(13-11-24)46(43,44)29(15-20-5-4-19(17-42)14-21(20)16-29)22-6-8-23(9-7-22)30(31(36,37)38,32(39,40)41)45-18-26-27(34)2-1-3-28(26)35/h1-14H,15-16,18H2. The summed E-state index contributed by atoms with van der Waals surface area (Å²) in [5.41, 5.74) is -6.91. The summed E-state index contributed by atoms with van der Waals surface area (Å²) in [7, 11) is -4.53. The Morgan fingerprint density at radius 1 is 0.761 bits per heavy atom. The topological polar surface area (TPSA) is 67.2 Å². The number of sulfone groups is 1. The molecule has 1 atom stereocenters. The normalized spacial score (nSPS) is 17.0. The molecule has 1 aliphatic carbocycles. The minimum atomic E-state index is -6.20. The monoisotopic (exact) mass is 669 g/mol. The third kappa shape index (κ3) is 5.31. The lowest BCUT2D eigenvalue weighted by atomic mass is 9.88. The van der Waals surface area contributed by atoms with Crippen molar-refractivity contribution in [2.24, 2.45) is 0 Å². The Morgan fingerprint density at radius 2 is 1.33 bits per heavy atom. The average molecular weight is 670 g/mol. The molecule has 0 heterocycles. The van der Waals surface area contributed by atoms with Crippen molar-refractivity contribution in [1.29, 1.82) is 5.26 Å². The predicted octanol–water partition coefficient (Wildman–Crippen LogP) is 7.98. The lowest BCUT2D eigenvalue weighted by molar-refractivity contribution is -0.392. The smallest absolute Gasteiger partial charge is 0.349 e. The van der Waals surface area contributed by atoms with Crippen LogP contribution in [0.15, 0.2) is 89.8 Å². The van der Waals surface area contributed by atoms with Crippen LogP contribution < -0.4 is 0 Å². The van der Waals surface area contributed by atoms with Gasteiger partial charge in [0.2, 0.25) is 0 Å². The molecule has 0 fully saturated rings. The quantitative estimate of drug-likeness (QED) is 0.148. The molecule has 4 aromatic rings. The highest BCUT2D eigenvalue weighted by Crippen LogP contribution is 2.54. The zero-order chi connectivity index (χ0) is 33.7. The molecular weight excluding hydrogens is 649 g/mol. The summed E-state index contributed by atoms with van der Waals surface area (Å²) in [6.45, 7) is -1.75. The third-order valence-electron chi connectivity index (χ3n) is 8.04. The first-order valence-electron chi connectivity index (χ1n) is 13.3. The molecule has 14 heteroatoms. The van der Waals surface area contributed by atoms with Gasteiger partial charge in [0, 0.05) is 11.1 Å². The first-order chi connectivity index (χ1) is 21.5. The number of benzene rings is 4. The molecule has 0 radical (unpaired) electrons. The summed E-state index contributed by atoms with van der Waals surface area (Å²) in [5.74, 6) is -3.61. The van der Waals surface area contributed by atoms with Crippen molar-refractivity contribution in [1.82, 2.24) is 0 Å². The van der Waals surface area contributed by atoms with Gasteiger partial charge >= 0.3 is 12.4 Å². The van der Waals surface area contributed by atoms with Crippen LogP contribution in [0.2, 0.25) is 0 Å². The van der Waals surface area contributed by atoms with Crippen molar-refractivity contribution in [2.75, 3.05) is 0 Å². The van der Waals surface area contributed by atoms with Crippen molar-refractivity contribution < 1.29 is 52.7 Å². The summed E-state index contributed by atoms with van der Waals surface area (Å²) in [6.07, 6.45) is -13.0. The van der Waals surface area contributed by atoms with E-state index >= 15 is 0 Å². The maximum Gasteiger partial charge on any atom is 0.430 e. The largest absolute Gasteiger partial charge is 0.430 e. The Morgan fingerprint density at radius 3 is 1.87 bits per heavy atom. The molecule has 0 saturated carbocycles. The van der Waals surface area contributed by atoms with E-state index in [1.807, 2.05) is 6.07 Å². The first kappa shape index (κ1) is 33.0. The number of fused-ring (bicyclic) bond motifs is 1. The second-order valence-electron chi connectivity index (χ2n) is 10.6. The molecule has 4 nitrogen and oxygen atoms in total. The Balaban J connectivity index is 1.66. The van der Waals surface area contributed by atoms with Gasteiger partial charge in [0.1, 0.15) is 22.2 Å². The van der Waals surface area contributed by atoms with Gasteiger partial charge in [0.25, 0.3) is 5.60 Å². The van der Waals surface area contributed by atoms with Crippen LogP contribution in [0.1, 0.15) is 33.4 Å². The summed E-state index contributed by atoms with van der Waals surface area (Å²) < 4.78 is 159. The molecule has 4 aromatic carbocycles. The fourth-order valence-corrected chi connectivity index (χ4v) is 7.78. The second kappa shape index (κ2) is 11.5. The number of hydrogen-bond donors (Lipinski definition) is 0. The number of alkyl halides is 6. The maximum atomic E-state index is 14.4. The van der Waals surface area contributed by atoms with Gasteiger partial charge in [-0.25, -0.2) is 21.6 Å². The molecule has 0 saturated heterocycles. The van der Waals surface area contributed by atoms with Crippen LogP contribution in [0.3, 0.4) is 0 Å². The average Bonchev–Trinajstić information content (AvgIpc) is 3.38. The van der Waals surface area contributed by atoms with Crippen LogP contribution >= 0.6 is 0 Å². The van der Waals surface area contributed by atoms with E-state index in [4.69, 9.17) is 0 Å². The van der Waals surface area contributed by atoms with E-state index < -0.39 is 67.7 Å². The van der Waals surface area contributed by atoms with Gasteiger partial charge in [-0.2, -0.15) is 31.6 Å². The van der Waals surface area contributed by atoms with E-state index in [0.29, 0.717) is 35.4 Å². The van der Waals surface area contributed by atoms with Gasteiger partial charge in [0.05, 0.1) is 23.1 Å². The summed E-state index contributed by atoms with van der Waals surface area (Å²) in [5, 5.41) is 9.32. The van der Waals surface area contributed by atoms with Crippen LogP contribution in [0.5, 0.6) is 0 Å². The van der Waals surface area contributed by atoms with Crippen LogP contribution in [0.4, 0.5) is 39.5 Å². The van der Waals surface area contributed by atoms with Gasteiger partial charge in [-0.05, 0) is 78.1 Å². The highest BCUT2D eigenvalue weighted by molar-refractivity contribution is 7.92. The van der Waals surface area contributed by atoms with Crippen LogP contribution in [0, 0.1) is 28.8 Å². The van der Waals surface area contributed by atoms with E-state index in [1.54, 1.807) is 0 Å². The fraction of sp³-hybridized carbons (Fsp3) is 0.219. The number of nitriles is 1. The first-order valence-corrected chi connectivity index (χ1v) is 14.8. The van der Waals surface area contributed by atoms with Gasteiger partial charge in [-0.3, -0.25) is 0 Å². The number of rotatable bonds is 7. The molecule has 0 N–H and O–H groups in total. The summed E-state index contributed by atoms with van der Waals surface area (Å²) in [6, 6.07) is 14.5. The van der Waals surface area contributed by atoms with Crippen LogP contribution in [0.25, 0.3) is 0 Å².